The molecule has 132 valence electrons. The van der Waals surface area contributed by atoms with Crippen LogP contribution in [0, 0.1) is 11.6 Å². The molecule has 0 unspecified atom stereocenters. The predicted octanol–water partition coefficient (Wildman–Crippen LogP) is 4.57. The van der Waals surface area contributed by atoms with Crippen molar-refractivity contribution in [2.24, 2.45) is 0 Å². The minimum Gasteiger partial charge on any atom is -0.338 e. The molecule has 7 heteroatoms. The van der Waals surface area contributed by atoms with Gasteiger partial charge in [-0.3, -0.25) is 4.79 Å². The largest absolute Gasteiger partial charge is 0.417 e. The van der Waals surface area contributed by atoms with Gasteiger partial charge in [0.15, 0.2) is 0 Å². The Kier molecular flexibility index (Phi) is 5.56. The quantitative estimate of drug-likeness (QED) is 0.581. The van der Waals surface area contributed by atoms with Crippen molar-refractivity contribution in [3.8, 4) is 0 Å². The highest BCUT2D eigenvalue weighted by Gasteiger charge is 2.35. The van der Waals surface area contributed by atoms with Gasteiger partial charge in [0, 0.05) is 31.3 Å². The molecule has 2 aromatic rings. The fraction of sp³-hybridized carbons (Fsp3) is 0.167. The van der Waals surface area contributed by atoms with Crippen molar-refractivity contribution in [2.75, 3.05) is 7.05 Å². The molecule has 0 fully saturated rings. The maximum Gasteiger partial charge on any atom is 0.417 e. The molecule has 0 aliphatic heterocycles. The lowest BCUT2D eigenvalue weighted by atomic mass is 10.0. The van der Waals surface area contributed by atoms with Crippen LogP contribution in [0.3, 0.4) is 0 Å². The van der Waals surface area contributed by atoms with Gasteiger partial charge in [-0.1, -0.05) is 36.4 Å². The van der Waals surface area contributed by atoms with Gasteiger partial charge in [0.25, 0.3) is 0 Å². The Morgan fingerprint density at radius 3 is 2.28 bits per heavy atom. The lowest BCUT2D eigenvalue weighted by Gasteiger charge is -2.18. The van der Waals surface area contributed by atoms with Crippen molar-refractivity contribution < 1.29 is 26.7 Å². The number of carbonyl (C=O) groups is 1. The third-order valence-electron chi connectivity index (χ3n) is 3.46. The fourth-order valence-corrected chi connectivity index (χ4v) is 2.16. The summed E-state index contributed by atoms with van der Waals surface area (Å²) in [6.45, 7) is -0.290. The summed E-state index contributed by atoms with van der Waals surface area (Å²) in [5, 5.41) is 0. The number of likely N-dealkylation sites (N-methyl/N-ethyl adjacent to an activating group) is 1. The van der Waals surface area contributed by atoms with E-state index in [2.05, 4.69) is 0 Å². The summed E-state index contributed by atoms with van der Waals surface area (Å²) in [5.41, 5.74) is -1.24. The monoisotopic (exact) mass is 355 g/mol. The van der Waals surface area contributed by atoms with Crippen LogP contribution in [-0.4, -0.2) is 24.0 Å². The molecule has 0 aliphatic rings. The van der Waals surface area contributed by atoms with Gasteiger partial charge in [0.2, 0.25) is 5.91 Å². The van der Waals surface area contributed by atoms with Gasteiger partial charge in [0.05, 0.1) is 5.57 Å². The molecule has 1 amide bonds. The average Bonchev–Trinajstić information content (AvgIpc) is 2.54. The first kappa shape index (κ1) is 18.6. The zero-order chi connectivity index (χ0) is 18.6. The van der Waals surface area contributed by atoms with Crippen molar-refractivity contribution >= 4 is 11.5 Å². The first-order valence-electron chi connectivity index (χ1n) is 7.22. The summed E-state index contributed by atoms with van der Waals surface area (Å²) in [7, 11) is 1.24. The van der Waals surface area contributed by atoms with E-state index in [-0.39, 0.29) is 17.7 Å². The van der Waals surface area contributed by atoms with Gasteiger partial charge in [-0.15, -0.1) is 0 Å². The van der Waals surface area contributed by atoms with Crippen molar-refractivity contribution in [1.82, 2.24) is 4.90 Å². The van der Waals surface area contributed by atoms with E-state index < -0.39 is 29.3 Å². The normalized spacial score (nSPS) is 12.2. The molecule has 0 aromatic heterocycles. The van der Waals surface area contributed by atoms with Crippen LogP contribution in [0.4, 0.5) is 22.0 Å². The smallest absolute Gasteiger partial charge is 0.338 e. The van der Waals surface area contributed by atoms with Gasteiger partial charge in [-0.25, -0.2) is 8.78 Å². The van der Waals surface area contributed by atoms with Crippen LogP contribution < -0.4 is 0 Å². The molecule has 2 aromatic carbocycles. The molecule has 0 atom stereocenters. The van der Waals surface area contributed by atoms with Crippen LogP contribution in [0.1, 0.15) is 11.1 Å². The summed E-state index contributed by atoms with van der Waals surface area (Å²) in [6.07, 6.45) is -4.25. The molecule has 0 saturated carbocycles. The molecular weight excluding hydrogens is 341 g/mol. The standard InChI is InChI=1S/C18H14F5NO/c1-24(11-13-7-8-14(19)9-16(13)20)17(25)10-15(18(21,22)23)12-5-3-2-4-6-12/h2-10H,11H2,1H3/b15-10-. The first-order chi connectivity index (χ1) is 11.7. The molecule has 0 bridgehead atoms. The molecule has 0 aliphatic carbocycles. The Hall–Kier alpha value is -2.70. The molecule has 25 heavy (non-hydrogen) atoms. The van der Waals surface area contributed by atoms with E-state index in [1.165, 1.54) is 31.3 Å². The maximum absolute atomic E-state index is 13.6. The van der Waals surface area contributed by atoms with Crippen molar-refractivity contribution in [2.45, 2.75) is 12.7 Å². The summed E-state index contributed by atoms with van der Waals surface area (Å²) >= 11 is 0. The Labute approximate surface area is 141 Å². The Bertz CT molecular complexity index is 784. The number of hydrogen-bond acceptors (Lipinski definition) is 1. The molecule has 0 spiro atoms. The number of halogens is 5. The number of rotatable bonds is 4. The Morgan fingerprint density at radius 1 is 1.08 bits per heavy atom. The highest BCUT2D eigenvalue weighted by Crippen LogP contribution is 2.33. The summed E-state index contributed by atoms with van der Waals surface area (Å²) in [6, 6.07) is 9.70. The van der Waals surface area contributed by atoms with Crippen LogP contribution >= 0.6 is 0 Å². The van der Waals surface area contributed by atoms with Gasteiger partial charge in [-0.05, 0) is 11.6 Å². The lowest BCUT2D eigenvalue weighted by Crippen LogP contribution is -2.26. The molecule has 0 saturated heterocycles. The zero-order valence-electron chi connectivity index (χ0n) is 13.1. The zero-order valence-corrected chi connectivity index (χ0v) is 13.1. The number of benzene rings is 2. The lowest BCUT2D eigenvalue weighted by molar-refractivity contribution is -0.125. The number of nitrogens with zero attached hydrogens (tertiary/aromatic N) is 1. The third kappa shape index (κ3) is 4.89. The molecule has 0 N–H and O–H groups in total. The van der Waals surface area contributed by atoms with Gasteiger partial charge in [-0.2, -0.15) is 13.2 Å². The predicted molar refractivity (Wildman–Crippen MR) is 83.3 cm³/mol. The minimum absolute atomic E-state index is 0.00100. The number of amides is 1. The Balaban J connectivity index is 2.26. The van der Waals surface area contributed by atoms with Crippen LogP contribution in [0.5, 0.6) is 0 Å². The second-order valence-electron chi connectivity index (χ2n) is 5.35. The van der Waals surface area contributed by atoms with Gasteiger partial charge in [0.1, 0.15) is 11.6 Å². The SMILES string of the molecule is CN(Cc1ccc(F)cc1F)C(=O)/C=C(/c1ccccc1)C(F)(F)F. The van der Waals surface area contributed by atoms with E-state index >= 15 is 0 Å². The molecule has 0 radical (unpaired) electrons. The van der Waals surface area contributed by atoms with Crippen LogP contribution in [-0.2, 0) is 11.3 Å². The number of allylic oxidation sites excluding steroid dienone is 1. The third-order valence-corrected chi connectivity index (χ3v) is 3.46. The summed E-state index contributed by atoms with van der Waals surface area (Å²) in [4.78, 5) is 13.0. The molecule has 2 rings (SSSR count). The van der Waals surface area contributed by atoms with E-state index in [0.717, 1.165) is 17.0 Å². The summed E-state index contributed by atoms with van der Waals surface area (Å²) < 4.78 is 66.2. The maximum atomic E-state index is 13.6. The summed E-state index contributed by atoms with van der Waals surface area (Å²) in [5.74, 6) is -2.60. The van der Waals surface area contributed by atoms with Crippen molar-refractivity contribution in [3.05, 3.63) is 77.4 Å². The molecule has 2 nitrogen and oxygen atoms in total. The van der Waals surface area contributed by atoms with E-state index in [9.17, 15) is 26.7 Å². The van der Waals surface area contributed by atoms with E-state index in [1.807, 2.05) is 0 Å². The average molecular weight is 355 g/mol. The van der Waals surface area contributed by atoms with Crippen LogP contribution in [0.15, 0.2) is 54.6 Å². The number of hydrogen-bond donors (Lipinski definition) is 0. The van der Waals surface area contributed by atoms with Crippen LogP contribution in [0.25, 0.3) is 5.57 Å². The molecule has 0 heterocycles. The number of carbonyl (C=O) groups excluding carboxylic acids is 1. The van der Waals surface area contributed by atoms with Gasteiger partial charge < -0.3 is 4.90 Å². The van der Waals surface area contributed by atoms with E-state index in [4.69, 9.17) is 0 Å². The van der Waals surface area contributed by atoms with E-state index in [1.54, 1.807) is 6.07 Å². The van der Waals surface area contributed by atoms with Crippen LogP contribution in [0.2, 0.25) is 0 Å². The first-order valence-corrected chi connectivity index (χ1v) is 7.22. The number of alkyl halides is 3. The van der Waals surface area contributed by atoms with Crippen molar-refractivity contribution in [1.29, 1.82) is 0 Å². The Morgan fingerprint density at radius 2 is 1.72 bits per heavy atom. The topological polar surface area (TPSA) is 20.3 Å². The minimum atomic E-state index is -4.72. The second-order valence-corrected chi connectivity index (χ2v) is 5.35. The highest BCUT2D eigenvalue weighted by atomic mass is 19.4. The highest BCUT2D eigenvalue weighted by molar-refractivity contribution is 5.96. The second kappa shape index (κ2) is 7.46. The molecular formula is C18H14F5NO. The van der Waals surface area contributed by atoms with Crippen molar-refractivity contribution in [3.63, 3.8) is 0 Å². The fourth-order valence-electron chi connectivity index (χ4n) is 2.16. The van der Waals surface area contributed by atoms with Gasteiger partial charge >= 0.3 is 6.18 Å². The van der Waals surface area contributed by atoms with E-state index in [0.29, 0.717) is 12.1 Å².